The fourth-order valence-corrected chi connectivity index (χ4v) is 11.1. The topological polar surface area (TPSA) is 48.5 Å². The van der Waals surface area contributed by atoms with E-state index < -0.39 is 0 Å². The van der Waals surface area contributed by atoms with Gasteiger partial charge >= 0.3 is 0 Å². The van der Waals surface area contributed by atoms with Gasteiger partial charge in [0.15, 0.2) is 17.5 Å². The number of aromatic nitrogens is 5. The molecule has 0 saturated heterocycles. The van der Waals surface area contributed by atoms with Gasteiger partial charge < -0.3 is 9.13 Å². The lowest BCUT2D eigenvalue weighted by atomic mass is 9.91. The van der Waals surface area contributed by atoms with Crippen LogP contribution in [0.4, 0.5) is 0 Å². The van der Waals surface area contributed by atoms with Crippen molar-refractivity contribution in [2.75, 3.05) is 0 Å². The molecule has 8 aromatic carbocycles. The van der Waals surface area contributed by atoms with Crippen molar-refractivity contribution < 1.29 is 0 Å². The van der Waals surface area contributed by atoms with Crippen LogP contribution >= 0.6 is 0 Å². The molecule has 0 aliphatic heterocycles. The fourth-order valence-electron chi connectivity index (χ4n) is 11.1. The first kappa shape index (κ1) is 42.0. The van der Waals surface area contributed by atoms with Crippen molar-refractivity contribution in [1.29, 1.82) is 0 Å². The molecule has 1 aliphatic rings. The second kappa shape index (κ2) is 16.7. The third kappa shape index (κ3) is 7.30. The summed E-state index contributed by atoms with van der Waals surface area (Å²) in [5.74, 6) is 1.93. The molecule has 1 aliphatic carbocycles. The SMILES string of the molecule is Cc1cc(C)c(-c2ccc3c(c2)c2cc(-c4c(C)cc(C)cc4C)ccc2n3-c2ccc3c(c2)c2c(n3-c3ccc(-c4nc(-c5ccccc5)nc(-c5ccccc5)n4)cc3)C=CCC=C2)c(C)c1. The molecule has 0 unspecified atom stereocenters. The van der Waals surface area contributed by atoms with Crippen molar-refractivity contribution >= 4 is 44.9 Å². The molecule has 69 heavy (non-hydrogen) atoms. The van der Waals surface area contributed by atoms with Gasteiger partial charge in [-0.25, -0.2) is 15.0 Å². The summed E-state index contributed by atoms with van der Waals surface area (Å²) in [6, 6.07) is 59.3. The zero-order valence-electron chi connectivity index (χ0n) is 39.8. The number of nitrogens with zero attached hydrogens (tertiary/aromatic N) is 5. The van der Waals surface area contributed by atoms with E-state index in [1.807, 2.05) is 60.7 Å². The Morgan fingerprint density at radius 2 is 0.783 bits per heavy atom. The van der Waals surface area contributed by atoms with Crippen LogP contribution < -0.4 is 0 Å². The van der Waals surface area contributed by atoms with Crippen molar-refractivity contribution in [2.45, 2.75) is 48.0 Å². The van der Waals surface area contributed by atoms with E-state index in [1.165, 1.54) is 88.4 Å². The zero-order chi connectivity index (χ0) is 46.9. The van der Waals surface area contributed by atoms with Crippen LogP contribution in [-0.2, 0) is 0 Å². The number of rotatable bonds is 7. The quantitative estimate of drug-likeness (QED) is 0.160. The van der Waals surface area contributed by atoms with Gasteiger partial charge in [-0.3, -0.25) is 0 Å². The van der Waals surface area contributed by atoms with Crippen LogP contribution in [-0.4, -0.2) is 24.1 Å². The normalized spacial score (nSPS) is 12.3. The van der Waals surface area contributed by atoms with Crippen molar-refractivity contribution in [2.24, 2.45) is 0 Å². The first-order valence-corrected chi connectivity index (χ1v) is 23.9. The largest absolute Gasteiger partial charge is 0.309 e. The van der Waals surface area contributed by atoms with Gasteiger partial charge in [0.2, 0.25) is 0 Å². The molecule has 3 aromatic heterocycles. The smallest absolute Gasteiger partial charge is 0.164 e. The molecule has 0 fully saturated rings. The van der Waals surface area contributed by atoms with Crippen LogP contribution in [0.3, 0.4) is 0 Å². The molecule has 0 saturated carbocycles. The molecule has 11 aromatic rings. The molecule has 0 N–H and O–H groups in total. The number of hydrogen-bond donors (Lipinski definition) is 0. The van der Waals surface area contributed by atoms with E-state index in [-0.39, 0.29) is 0 Å². The van der Waals surface area contributed by atoms with Gasteiger partial charge in [-0.15, -0.1) is 0 Å². The number of hydrogen-bond acceptors (Lipinski definition) is 3. The number of allylic oxidation sites excluding steroid dienone is 2. The highest BCUT2D eigenvalue weighted by Crippen LogP contribution is 2.42. The molecule has 0 radical (unpaired) electrons. The lowest BCUT2D eigenvalue weighted by Gasteiger charge is -2.13. The molecule has 0 spiro atoms. The first-order chi connectivity index (χ1) is 33.7. The Balaban J connectivity index is 1.01. The molecule has 0 atom stereocenters. The first-order valence-electron chi connectivity index (χ1n) is 23.9. The maximum absolute atomic E-state index is 5.01. The molecule has 5 nitrogen and oxygen atoms in total. The van der Waals surface area contributed by atoms with E-state index in [1.54, 1.807) is 0 Å². The molecule has 332 valence electrons. The highest BCUT2D eigenvalue weighted by atomic mass is 15.0. The standard InChI is InChI=1S/C64H51N5/c1-39-32-41(3)60(42(4)33-39)48-24-29-57-53(36-48)54-37-49(61-43(5)34-40(2)35-44(61)6)25-30-58(54)69(57)51-28-31-59-55(38-51)52-20-14-9-15-21-56(52)68(59)50-26-22-47(23-27-50)64-66-62(45-16-10-7-11-17-45)65-63(67-64)46-18-12-8-13-19-46/h7-8,10-38H,9H2,1-6H3. The number of aryl methyl sites for hydroxylation is 6. The van der Waals surface area contributed by atoms with Gasteiger partial charge in [0.1, 0.15) is 0 Å². The van der Waals surface area contributed by atoms with Crippen LogP contribution in [0.5, 0.6) is 0 Å². The third-order valence-corrected chi connectivity index (χ3v) is 13.9. The van der Waals surface area contributed by atoms with Gasteiger partial charge in [-0.2, -0.15) is 0 Å². The predicted octanol–water partition coefficient (Wildman–Crippen LogP) is 16.5. The Hall–Kier alpha value is -8.41. The van der Waals surface area contributed by atoms with E-state index in [0.717, 1.165) is 45.7 Å². The minimum absolute atomic E-state index is 0.636. The van der Waals surface area contributed by atoms with Crippen LogP contribution in [0.25, 0.3) is 113 Å². The summed E-state index contributed by atoms with van der Waals surface area (Å²) in [5, 5.41) is 3.69. The van der Waals surface area contributed by atoms with E-state index in [2.05, 4.69) is 178 Å². The van der Waals surface area contributed by atoms with Crippen molar-refractivity contribution in [3.63, 3.8) is 0 Å². The van der Waals surface area contributed by atoms with Crippen molar-refractivity contribution in [3.05, 3.63) is 221 Å². The molecule has 5 heteroatoms. The Labute approximate surface area is 403 Å². The average Bonchev–Trinajstić information content (AvgIpc) is 3.71. The number of fused-ring (bicyclic) bond motifs is 6. The molecule has 3 heterocycles. The number of benzene rings is 8. The van der Waals surface area contributed by atoms with Crippen molar-refractivity contribution in [3.8, 4) is 67.8 Å². The fraction of sp³-hybridized carbons (Fsp3) is 0.109. The Morgan fingerprint density at radius 3 is 1.29 bits per heavy atom. The Bertz CT molecular complexity index is 3680. The summed E-state index contributed by atoms with van der Waals surface area (Å²) in [4.78, 5) is 14.9. The van der Waals surface area contributed by atoms with Gasteiger partial charge in [-0.1, -0.05) is 126 Å². The second-order valence-corrected chi connectivity index (χ2v) is 18.8. The van der Waals surface area contributed by atoms with Crippen LogP contribution in [0.1, 0.15) is 51.1 Å². The molecular formula is C64H51N5. The summed E-state index contributed by atoms with van der Waals surface area (Å²) in [6.07, 6.45) is 9.98. The maximum Gasteiger partial charge on any atom is 0.164 e. The lowest BCUT2D eigenvalue weighted by molar-refractivity contribution is 1.07. The molecule has 0 bridgehead atoms. The minimum atomic E-state index is 0.636. The Morgan fingerprint density at radius 1 is 0.362 bits per heavy atom. The summed E-state index contributed by atoms with van der Waals surface area (Å²) >= 11 is 0. The van der Waals surface area contributed by atoms with E-state index >= 15 is 0 Å². The maximum atomic E-state index is 5.01. The summed E-state index contributed by atoms with van der Waals surface area (Å²) in [6.45, 7) is 13.3. The lowest BCUT2D eigenvalue weighted by Crippen LogP contribution is -2.01. The summed E-state index contributed by atoms with van der Waals surface area (Å²) in [7, 11) is 0. The highest BCUT2D eigenvalue weighted by molar-refractivity contribution is 6.12. The van der Waals surface area contributed by atoms with Crippen LogP contribution in [0.15, 0.2) is 176 Å². The monoisotopic (exact) mass is 889 g/mol. The highest BCUT2D eigenvalue weighted by Gasteiger charge is 2.22. The van der Waals surface area contributed by atoms with Gasteiger partial charge in [0, 0.05) is 49.8 Å². The molecular weight excluding hydrogens is 839 g/mol. The van der Waals surface area contributed by atoms with E-state index in [9.17, 15) is 0 Å². The van der Waals surface area contributed by atoms with Gasteiger partial charge in [0.05, 0.1) is 22.2 Å². The third-order valence-electron chi connectivity index (χ3n) is 13.9. The average molecular weight is 890 g/mol. The Kier molecular flexibility index (Phi) is 10.2. The summed E-state index contributed by atoms with van der Waals surface area (Å²) in [5.41, 5.74) is 23.8. The molecule has 0 amide bonds. The predicted molar refractivity (Wildman–Crippen MR) is 289 cm³/mol. The van der Waals surface area contributed by atoms with Gasteiger partial charge in [-0.05, 0) is 165 Å². The van der Waals surface area contributed by atoms with Gasteiger partial charge in [0.25, 0.3) is 0 Å². The summed E-state index contributed by atoms with van der Waals surface area (Å²) < 4.78 is 4.86. The van der Waals surface area contributed by atoms with E-state index in [0.29, 0.717) is 17.5 Å². The van der Waals surface area contributed by atoms with E-state index in [4.69, 9.17) is 15.0 Å². The van der Waals surface area contributed by atoms with Crippen LogP contribution in [0.2, 0.25) is 0 Å². The minimum Gasteiger partial charge on any atom is -0.309 e. The van der Waals surface area contributed by atoms with Crippen molar-refractivity contribution in [1.82, 2.24) is 24.1 Å². The second-order valence-electron chi connectivity index (χ2n) is 18.8. The molecule has 12 rings (SSSR count). The van der Waals surface area contributed by atoms with Crippen LogP contribution in [0, 0.1) is 41.5 Å². The zero-order valence-corrected chi connectivity index (χ0v) is 39.8.